The molecule has 0 spiro atoms. The summed E-state index contributed by atoms with van der Waals surface area (Å²) in [5.74, 6) is 1.79. The van der Waals surface area contributed by atoms with Crippen LogP contribution in [0.25, 0.3) is 10.8 Å². The molecule has 0 aliphatic rings. The zero-order valence-electron chi connectivity index (χ0n) is 14.0. The van der Waals surface area contributed by atoms with E-state index in [1.807, 2.05) is 0 Å². The van der Waals surface area contributed by atoms with Crippen molar-refractivity contribution in [2.24, 2.45) is 0 Å². The molecule has 1 amide bonds. The molecule has 0 saturated heterocycles. The average Bonchev–Trinajstić information content (AvgIpc) is 2.94. The zero-order chi connectivity index (χ0) is 18.6. The fourth-order valence-electron chi connectivity index (χ4n) is 2.42. The molecule has 0 unspecified atom stereocenters. The lowest BCUT2D eigenvalue weighted by molar-refractivity contribution is -0.146. The van der Waals surface area contributed by atoms with Gasteiger partial charge in [-0.2, -0.15) is 0 Å². The summed E-state index contributed by atoms with van der Waals surface area (Å²) in [7, 11) is 3.79. The molecule has 2 N–H and O–H groups in total. The molecule has 2 aromatic rings. The number of aromatic hydroxyl groups is 1. The molecule has 0 bridgehead atoms. The number of carbonyl (C=O) groups is 2. The van der Waals surface area contributed by atoms with E-state index < -0.39 is 17.6 Å². The predicted octanol–water partition coefficient (Wildman–Crippen LogP) is 1.26. The number of rotatable bonds is 5. The van der Waals surface area contributed by atoms with Crippen LogP contribution < -0.4 is 10.1 Å². The third-order valence-electron chi connectivity index (χ3n) is 3.76. The number of terminal acetylenes is 1. The lowest BCUT2D eigenvalue weighted by atomic mass is 10.0. The second-order valence-electron chi connectivity index (χ2n) is 5.19. The van der Waals surface area contributed by atoms with Gasteiger partial charge >= 0.3 is 12.1 Å². The molecule has 0 radical (unpaired) electrons. The maximum Gasteiger partial charge on any atom is 0.408 e. The number of amides is 1. The highest BCUT2D eigenvalue weighted by molar-refractivity contribution is 5.91. The number of esters is 1. The second-order valence-corrected chi connectivity index (χ2v) is 5.19. The molecule has 8 nitrogen and oxygen atoms in total. The smallest absolute Gasteiger partial charge is 0.408 e. The Bertz CT molecular complexity index is 851. The molecule has 1 atom stereocenters. The van der Waals surface area contributed by atoms with Crippen molar-refractivity contribution in [3.05, 3.63) is 24.4 Å². The largest absolute Gasteiger partial charge is 0.497 e. The number of benzene rings is 1. The number of aromatic nitrogens is 1. The van der Waals surface area contributed by atoms with E-state index in [0.717, 1.165) is 14.2 Å². The number of hydrogen-bond donors (Lipinski definition) is 2. The van der Waals surface area contributed by atoms with Gasteiger partial charge in [-0.25, -0.2) is 9.59 Å². The Hall–Kier alpha value is -3.34. The second kappa shape index (κ2) is 7.05. The van der Waals surface area contributed by atoms with E-state index in [1.165, 1.54) is 11.7 Å². The number of ether oxygens (including phenoxy) is 3. The number of hydrogen-bond acceptors (Lipinski definition) is 6. The normalized spacial score (nSPS) is 12.7. The van der Waals surface area contributed by atoms with Gasteiger partial charge in [-0.15, -0.1) is 6.42 Å². The van der Waals surface area contributed by atoms with Crippen LogP contribution in [0.3, 0.4) is 0 Å². The first-order valence-electron chi connectivity index (χ1n) is 7.19. The quantitative estimate of drug-likeness (QED) is 0.625. The SMILES string of the molecule is C#C[C@](Cn1cc2ccc(OC)cc2c1O)(NC(=O)OC)C(=O)OC. The molecule has 2 rings (SSSR count). The van der Waals surface area contributed by atoms with Gasteiger partial charge in [0, 0.05) is 17.0 Å². The molecule has 1 heterocycles. The first kappa shape index (κ1) is 18.0. The summed E-state index contributed by atoms with van der Waals surface area (Å²) in [6.45, 7) is -0.256. The van der Waals surface area contributed by atoms with Crippen molar-refractivity contribution in [2.75, 3.05) is 21.3 Å². The number of nitrogens with one attached hydrogen (secondary N) is 1. The van der Waals surface area contributed by atoms with E-state index >= 15 is 0 Å². The Balaban J connectivity index is 2.50. The summed E-state index contributed by atoms with van der Waals surface area (Å²) in [6, 6.07) is 5.12. The summed E-state index contributed by atoms with van der Waals surface area (Å²) in [5.41, 5.74) is -1.85. The van der Waals surface area contributed by atoms with Gasteiger partial charge < -0.3 is 23.9 Å². The van der Waals surface area contributed by atoms with Crippen LogP contribution in [0.5, 0.6) is 11.6 Å². The van der Waals surface area contributed by atoms with Crippen LogP contribution in [0.15, 0.2) is 24.4 Å². The van der Waals surface area contributed by atoms with Gasteiger partial charge in [0.05, 0.1) is 27.9 Å². The lowest BCUT2D eigenvalue weighted by Gasteiger charge is -2.26. The summed E-state index contributed by atoms with van der Waals surface area (Å²) in [5, 5.41) is 14.0. The topological polar surface area (TPSA) is 99.0 Å². The van der Waals surface area contributed by atoms with Crippen LogP contribution >= 0.6 is 0 Å². The highest BCUT2D eigenvalue weighted by atomic mass is 16.5. The maximum atomic E-state index is 12.2. The summed E-state index contributed by atoms with van der Waals surface area (Å²) < 4.78 is 15.7. The van der Waals surface area contributed by atoms with E-state index in [0.29, 0.717) is 16.5 Å². The third-order valence-corrected chi connectivity index (χ3v) is 3.76. The van der Waals surface area contributed by atoms with E-state index in [1.54, 1.807) is 24.4 Å². The van der Waals surface area contributed by atoms with Crippen molar-refractivity contribution in [1.82, 2.24) is 9.88 Å². The van der Waals surface area contributed by atoms with Crippen molar-refractivity contribution in [2.45, 2.75) is 12.1 Å². The fourth-order valence-corrected chi connectivity index (χ4v) is 2.42. The molecule has 0 fully saturated rings. The highest BCUT2D eigenvalue weighted by Gasteiger charge is 2.41. The Labute approximate surface area is 144 Å². The van der Waals surface area contributed by atoms with Gasteiger partial charge in [-0.3, -0.25) is 5.32 Å². The fraction of sp³-hybridized carbons (Fsp3) is 0.294. The van der Waals surface area contributed by atoms with Crippen molar-refractivity contribution < 1.29 is 28.9 Å². The van der Waals surface area contributed by atoms with Crippen molar-refractivity contribution in [1.29, 1.82) is 0 Å². The van der Waals surface area contributed by atoms with Crippen molar-refractivity contribution in [3.63, 3.8) is 0 Å². The average molecular weight is 346 g/mol. The Morgan fingerprint density at radius 3 is 2.60 bits per heavy atom. The van der Waals surface area contributed by atoms with Crippen LogP contribution in [-0.4, -0.2) is 48.6 Å². The first-order valence-corrected chi connectivity index (χ1v) is 7.19. The molecular formula is C17H18N2O6. The lowest BCUT2D eigenvalue weighted by Crippen LogP contribution is -2.56. The predicted molar refractivity (Wildman–Crippen MR) is 89.3 cm³/mol. The van der Waals surface area contributed by atoms with Crippen molar-refractivity contribution in [3.8, 4) is 24.0 Å². The van der Waals surface area contributed by atoms with Gasteiger partial charge in [0.1, 0.15) is 5.75 Å². The Morgan fingerprint density at radius 2 is 2.04 bits per heavy atom. The van der Waals surface area contributed by atoms with Crippen molar-refractivity contribution >= 4 is 22.8 Å². The Morgan fingerprint density at radius 1 is 1.32 bits per heavy atom. The van der Waals surface area contributed by atoms with Gasteiger partial charge in [-0.1, -0.05) is 5.92 Å². The molecular weight excluding hydrogens is 328 g/mol. The monoisotopic (exact) mass is 346 g/mol. The van der Waals surface area contributed by atoms with E-state index in [2.05, 4.69) is 16.0 Å². The van der Waals surface area contributed by atoms with E-state index in [-0.39, 0.29) is 12.4 Å². The third kappa shape index (κ3) is 3.30. The highest BCUT2D eigenvalue weighted by Crippen LogP contribution is 2.31. The molecule has 8 heteroatoms. The number of nitrogens with zero attached hydrogens (tertiary/aromatic N) is 1. The minimum absolute atomic E-state index is 0.135. The van der Waals surface area contributed by atoms with Crippen LogP contribution in [0.2, 0.25) is 0 Å². The van der Waals surface area contributed by atoms with E-state index in [4.69, 9.17) is 15.9 Å². The summed E-state index contributed by atoms with van der Waals surface area (Å²) in [6.07, 6.45) is 6.18. The summed E-state index contributed by atoms with van der Waals surface area (Å²) in [4.78, 5) is 23.8. The van der Waals surface area contributed by atoms with Crippen LogP contribution in [0.1, 0.15) is 0 Å². The molecule has 0 aliphatic heterocycles. The first-order chi connectivity index (χ1) is 11.9. The number of alkyl carbamates (subject to hydrolysis) is 1. The van der Waals surface area contributed by atoms with Gasteiger partial charge in [0.25, 0.3) is 0 Å². The van der Waals surface area contributed by atoms with Gasteiger partial charge in [0.2, 0.25) is 5.54 Å². The number of carbonyl (C=O) groups excluding carboxylic acids is 2. The minimum atomic E-state index is -1.85. The molecule has 1 aromatic carbocycles. The maximum absolute atomic E-state index is 12.2. The molecule has 25 heavy (non-hydrogen) atoms. The van der Waals surface area contributed by atoms with E-state index in [9.17, 15) is 14.7 Å². The zero-order valence-corrected chi connectivity index (χ0v) is 14.0. The van der Waals surface area contributed by atoms with Crippen LogP contribution in [-0.2, 0) is 20.8 Å². The number of fused-ring (bicyclic) bond motifs is 1. The van der Waals surface area contributed by atoms with Gasteiger partial charge in [-0.05, 0) is 18.2 Å². The standard InChI is InChI=1S/C17H18N2O6/c1-5-17(15(21)24-3,18-16(22)25-4)10-19-9-11-6-7-12(23-2)8-13(11)14(19)20/h1,6-9,20H,10H2,2-4H3,(H,18,22)/t17-/m1/s1. The van der Waals surface area contributed by atoms with Crippen LogP contribution in [0, 0.1) is 12.3 Å². The Kier molecular flexibility index (Phi) is 5.08. The number of methoxy groups -OCH3 is 3. The van der Waals surface area contributed by atoms with Gasteiger partial charge in [0.15, 0.2) is 5.88 Å². The molecule has 1 aromatic heterocycles. The summed E-state index contributed by atoms with van der Waals surface area (Å²) >= 11 is 0. The van der Waals surface area contributed by atoms with Crippen LogP contribution in [0.4, 0.5) is 4.79 Å². The molecule has 0 saturated carbocycles. The molecule has 132 valence electrons. The molecule has 0 aliphatic carbocycles. The minimum Gasteiger partial charge on any atom is -0.497 e.